The van der Waals surface area contributed by atoms with Crippen molar-refractivity contribution in [1.29, 1.82) is 0 Å². The number of hydrogen-bond donors (Lipinski definition) is 0. The molecule has 106 valence electrons. The molecule has 1 unspecified atom stereocenters. The zero-order valence-corrected chi connectivity index (χ0v) is 12.4. The first-order chi connectivity index (χ1) is 9.05. The molecule has 0 radical (unpaired) electrons. The van der Waals surface area contributed by atoms with E-state index in [1.54, 1.807) is 0 Å². The highest BCUT2D eigenvalue weighted by atomic mass is 16.6. The van der Waals surface area contributed by atoms with Crippen LogP contribution in [0.25, 0.3) is 0 Å². The number of rotatable bonds is 6. The van der Waals surface area contributed by atoms with Crippen LogP contribution < -0.4 is 0 Å². The van der Waals surface area contributed by atoms with Crippen molar-refractivity contribution < 1.29 is 9.47 Å². The normalized spacial score (nSPS) is 25.6. The van der Waals surface area contributed by atoms with Crippen molar-refractivity contribution in [3.8, 4) is 0 Å². The van der Waals surface area contributed by atoms with Gasteiger partial charge in [0.15, 0.2) is 0 Å². The third-order valence-electron chi connectivity index (χ3n) is 3.86. The zero-order valence-electron chi connectivity index (χ0n) is 12.4. The smallest absolute Gasteiger partial charge is 0.0923 e. The summed E-state index contributed by atoms with van der Waals surface area (Å²) in [6.07, 6.45) is 4.47. The molecule has 0 amide bonds. The molecule has 2 heteroatoms. The molecule has 1 aliphatic heterocycles. The molecule has 2 rings (SSSR count). The van der Waals surface area contributed by atoms with Crippen LogP contribution in [0.15, 0.2) is 30.3 Å². The minimum absolute atomic E-state index is 0.00524. The van der Waals surface area contributed by atoms with Crippen molar-refractivity contribution in [2.45, 2.75) is 64.3 Å². The Kier molecular flexibility index (Phi) is 4.64. The quantitative estimate of drug-likeness (QED) is 0.759. The van der Waals surface area contributed by atoms with E-state index < -0.39 is 0 Å². The minimum atomic E-state index is -0.0625. The van der Waals surface area contributed by atoms with Crippen LogP contribution in [0.1, 0.15) is 52.0 Å². The molecule has 0 saturated carbocycles. The van der Waals surface area contributed by atoms with E-state index in [1.165, 1.54) is 5.56 Å². The molecule has 1 aromatic carbocycles. The number of benzene rings is 1. The van der Waals surface area contributed by atoms with Crippen molar-refractivity contribution >= 4 is 0 Å². The highest BCUT2D eigenvalue weighted by Crippen LogP contribution is 2.40. The second kappa shape index (κ2) is 6.06. The summed E-state index contributed by atoms with van der Waals surface area (Å²) >= 11 is 0. The van der Waals surface area contributed by atoms with Crippen LogP contribution in [0.4, 0.5) is 0 Å². The highest BCUT2D eigenvalue weighted by molar-refractivity contribution is 5.13. The zero-order chi connectivity index (χ0) is 13.8. The van der Waals surface area contributed by atoms with Crippen LogP contribution in [0.3, 0.4) is 0 Å². The first kappa shape index (κ1) is 14.5. The molecule has 0 bridgehead atoms. The van der Waals surface area contributed by atoms with E-state index >= 15 is 0 Å². The molecular weight excluding hydrogens is 236 g/mol. The molecular formula is C17H26O2. The molecule has 0 aromatic heterocycles. The van der Waals surface area contributed by atoms with Gasteiger partial charge < -0.3 is 9.47 Å². The van der Waals surface area contributed by atoms with Gasteiger partial charge in [-0.1, -0.05) is 43.7 Å². The Bertz CT molecular complexity index is 386. The van der Waals surface area contributed by atoms with Gasteiger partial charge in [0, 0.05) is 0 Å². The van der Waals surface area contributed by atoms with E-state index in [4.69, 9.17) is 9.47 Å². The lowest BCUT2D eigenvalue weighted by Gasteiger charge is -2.31. The van der Waals surface area contributed by atoms with Crippen LogP contribution >= 0.6 is 0 Å². The first-order valence-electron chi connectivity index (χ1n) is 7.37. The van der Waals surface area contributed by atoms with Gasteiger partial charge >= 0.3 is 0 Å². The van der Waals surface area contributed by atoms with Crippen molar-refractivity contribution in [2.24, 2.45) is 0 Å². The Morgan fingerprint density at radius 1 is 1.16 bits per heavy atom. The average Bonchev–Trinajstić information content (AvgIpc) is 2.67. The topological polar surface area (TPSA) is 18.5 Å². The Morgan fingerprint density at radius 3 is 2.47 bits per heavy atom. The third-order valence-corrected chi connectivity index (χ3v) is 3.86. The van der Waals surface area contributed by atoms with Crippen LogP contribution in [0, 0.1) is 0 Å². The highest BCUT2D eigenvalue weighted by Gasteiger charge is 2.43. The average molecular weight is 262 g/mol. The Balaban J connectivity index is 1.88. The summed E-state index contributed by atoms with van der Waals surface area (Å²) in [5, 5.41) is 0. The van der Waals surface area contributed by atoms with Crippen molar-refractivity contribution in [2.75, 3.05) is 6.61 Å². The lowest BCUT2D eigenvalue weighted by Crippen LogP contribution is -2.37. The Morgan fingerprint density at radius 2 is 1.89 bits per heavy atom. The van der Waals surface area contributed by atoms with Gasteiger partial charge in [0.2, 0.25) is 0 Å². The Labute approximate surface area is 117 Å². The molecule has 0 aliphatic carbocycles. The maximum absolute atomic E-state index is 6.29. The molecule has 1 atom stereocenters. The molecule has 0 N–H and O–H groups in total. The summed E-state index contributed by atoms with van der Waals surface area (Å²) in [7, 11) is 0. The summed E-state index contributed by atoms with van der Waals surface area (Å²) in [4.78, 5) is 0. The fourth-order valence-electron chi connectivity index (χ4n) is 2.95. The molecule has 1 aromatic rings. The van der Waals surface area contributed by atoms with Gasteiger partial charge in [-0.15, -0.1) is 0 Å². The van der Waals surface area contributed by atoms with Crippen molar-refractivity contribution in [1.82, 2.24) is 0 Å². The van der Waals surface area contributed by atoms with E-state index in [1.807, 2.05) is 6.07 Å². The van der Waals surface area contributed by atoms with Gasteiger partial charge in [-0.3, -0.25) is 0 Å². The molecule has 19 heavy (non-hydrogen) atoms. The summed E-state index contributed by atoms with van der Waals surface area (Å²) in [5.74, 6) is 0. The van der Waals surface area contributed by atoms with Gasteiger partial charge in [-0.2, -0.15) is 0 Å². The van der Waals surface area contributed by atoms with Crippen LogP contribution in [0.5, 0.6) is 0 Å². The maximum Gasteiger partial charge on any atom is 0.0923 e. The lowest BCUT2D eigenvalue weighted by atomic mass is 9.94. The van der Waals surface area contributed by atoms with Crippen molar-refractivity contribution in [3.63, 3.8) is 0 Å². The fraction of sp³-hybridized carbons (Fsp3) is 0.647. The predicted octanol–water partition coefficient (Wildman–Crippen LogP) is 4.33. The van der Waals surface area contributed by atoms with Gasteiger partial charge in [-0.05, 0) is 38.7 Å². The minimum Gasteiger partial charge on any atom is -0.374 e. The summed E-state index contributed by atoms with van der Waals surface area (Å²) in [6.45, 7) is 7.96. The van der Waals surface area contributed by atoms with Crippen LogP contribution in [-0.4, -0.2) is 17.8 Å². The monoisotopic (exact) mass is 262 g/mol. The van der Waals surface area contributed by atoms with Gasteiger partial charge in [0.05, 0.1) is 24.4 Å². The van der Waals surface area contributed by atoms with E-state index in [0.717, 1.165) is 25.7 Å². The largest absolute Gasteiger partial charge is 0.374 e. The Hall–Kier alpha value is -0.860. The molecule has 0 spiro atoms. The standard InChI is InChI=1S/C17H26O2/c1-4-10-17(12-11-16(2,3)19-17)14-18-13-15-8-6-5-7-9-15/h5-9H,4,10-14H2,1-3H3. The van der Waals surface area contributed by atoms with Crippen LogP contribution in [0.2, 0.25) is 0 Å². The first-order valence-corrected chi connectivity index (χ1v) is 7.37. The third kappa shape index (κ3) is 4.05. The van der Waals surface area contributed by atoms with E-state index in [0.29, 0.717) is 13.2 Å². The van der Waals surface area contributed by atoms with E-state index in [9.17, 15) is 0 Å². The fourth-order valence-corrected chi connectivity index (χ4v) is 2.95. The maximum atomic E-state index is 6.29. The number of hydrogen-bond acceptors (Lipinski definition) is 2. The van der Waals surface area contributed by atoms with E-state index in [2.05, 4.69) is 45.0 Å². The van der Waals surface area contributed by atoms with Crippen molar-refractivity contribution in [3.05, 3.63) is 35.9 Å². The summed E-state index contributed by atoms with van der Waals surface area (Å²) in [6, 6.07) is 10.3. The predicted molar refractivity (Wildman–Crippen MR) is 78.1 cm³/mol. The van der Waals surface area contributed by atoms with E-state index in [-0.39, 0.29) is 11.2 Å². The van der Waals surface area contributed by atoms with Gasteiger partial charge in [-0.25, -0.2) is 0 Å². The molecule has 1 aliphatic rings. The lowest BCUT2D eigenvalue weighted by molar-refractivity contribution is -0.129. The molecule has 1 fully saturated rings. The van der Waals surface area contributed by atoms with Crippen LogP contribution in [-0.2, 0) is 16.1 Å². The van der Waals surface area contributed by atoms with Gasteiger partial charge in [0.1, 0.15) is 0 Å². The number of ether oxygens (including phenoxy) is 2. The summed E-state index contributed by atoms with van der Waals surface area (Å²) in [5.41, 5.74) is 1.17. The summed E-state index contributed by atoms with van der Waals surface area (Å²) < 4.78 is 12.2. The molecule has 1 saturated heterocycles. The second-order valence-corrected chi connectivity index (χ2v) is 6.27. The molecule has 1 heterocycles. The second-order valence-electron chi connectivity index (χ2n) is 6.27. The van der Waals surface area contributed by atoms with Gasteiger partial charge in [0.25, 0.3) is 0 Å². The SMILES string of the molecule is CCCC1(COCc2ccccc2)CCC(C)(C)O1. The molecule has 2 nitrogen and oxygen atoms in total.